The molecule has 0 radical (unpaired) electrons. The second kappa shape index (κ2) is 12.3. The summed E-state index contributed by atoms with van der Waals surface area (Å²) in [6, 6.07) is 55.0. The molecule has 5 aromatic heterocycles. The Morgan fingerprint density at radius 3 is 1.21 bits per heavy atom. The fourth-order valence-corrected chi connectivity index (χ4v) is 12.9. The van der Waals surface area contributed by atoms with Gasteiger partial charge in [-0.2, -0.15) is 0 Å². The van der Waals surface area contributed by atoms with Crippen molar-refractivity contribution in [3.8, 4) is 33.4 Å². The fourth-order valence-electron chi connectivity index (χ4n) is 9.99. The lowest BCUT2D eigenvalue weighted by Crippen LogP contribution is -2.11. The molecule has 0 saturated heterocycles. The second-order valence-corrected chi connectivity index (χ2v) is 21.0. The summed E-state index contributed by atoms with van der Waals surface area (Å²) in [4.78, 5) is 0. The van der Waals surface area contributed by atoms with Crippen LogP contribution in [0.25, 0.3) is 115 Å². The Morgan fingerprint density at radius 2 is 0.790 bits per heavy atom. The zero-order valence-corrected chi connectivity index (χ0v) is 36.4. The van der Waals surface area contributed by atoms with Crippen LogP contribution in [-0.2, 0) is 10.8 Å². The van der Waals surface area contributed by atoms with Crippen molar-refractivity contribution in [1.29, 1.82) is 0 Å². The van der Waals surface area contributed by atoms with Gasteiger partial charge in [-0.1, -0.05) is 152 Å². The third-order valence-corrected chi connectivity index (χ3v) is 15.8. The summed E-state index contributed by atoms with van der Waals surface area (Å²) in [5.41, 5.74) is 20.4. The highest BCUT2D eigenvalue weighted by atomic mass is 31.1. The first kappa shape index (κ1) is 35.8. The van der Waals surface area contributed by atoms with Gasteiger partial charge in [0.15, 0.2) is 22.3 Å². The maximum Gasteiger partial charge on any atom is 0.160 e. The standard InChI is InChI=1S/C56H43N2O3P/c1-55(2,3)36-22-24-40-44(28-36)60-50-38(33-18-12-8-13-19-33)30-46-53-48(50)57(40)42-26-35(32-16-10-7-11-17-32)27-43-52(42)62(53)54-47(59-46)31-39(34-20-14-9-15-21-34)51-49(54)58(43)41-25-23-37(56(4,5)6)29-45(41)61-51/h7-31H,1-6H3. The summed E-state index contributed by atoms with van der Waals surface area (Å²) in [5.74, 6) is 0. The van der Waals surface area contributed by atoms with Crippen LogP contribution in [0, 0.1) is 0 Å². The van der Waals surface area contributed by atoms with Crippen molar-refractivity contribution in [3.63, 3.8) is 0 Å². The molecule has 0 fully saturated rings. The smallest absolute Gasteiger partial charge is 0.160 e. The Morgan fingerprint density at radius 1 is 0.371 bits per heavy atom. The number of hydrogen-bond acceptors (Lipinski definition) is 3. The summed E-state index contributed by atoms with van der Waals surface area (Å²) in [5, 5.41) is 3.66. The van der Waals surface area contributed by atoms with Crippen molar-refractivity contribution in [2.75, 3.05) is 0 Å². The molecular weight excluding hydrogens is 780 g/mol. The molecular formula is C56H43N2O3P. The Balaban J connectivity index is 1.37. The van der Waals surface area contributed by atoms with Crippen molar-refractivity contribution < 1.29 is 13.3 Å². The first-order valence-corrected chi connectivity index (χ1v) is 22.8. The quantitative estimate of drug-likeness (QED) is 0.132. The van der Waals surface area contributed by atoms with Gasteiger partial charge in [-0.15, -0.1) is 0 Å². The molecule has 62 heavy (non-hydrogen) atoms. The monoisotopic (exact) mass is 822 g/mol. The molecule has 0 aliphatic heterocycles. The summed E-state index contributed by atoms with van der Waals surface area (Å²) in [6.45, 7) is 13.6. The van der Waals surface area contributed by atoms with Crippen LogP contribution in [0.3, 0.4) is 0 Å². The minimum atomic E-state index is -1.17. The van der Waals surface area contributed by atoms with E-state index in [-0.39, 0.29) is 10.8 Å². The van der Waals surface area contributed by atoms with E-state index in [0.717, 1.165) is 100.0 Å². The molecule has 5 nitrogen and oxygen atoms in total. The fraction of sp³-hybridized carbons (Fsp3) is 0.143. The SMILES string of the molecule is CC(C)(C)c1ccc2c(c1)oc1c(-c3ccccc3)cc3oc4cc(-c5ccccc5)c5oc6cc(C(C)(C)C)ccc6n6c7cc(-c8ccccc8)cc8c7p(c3c1n28)c4c56. The maximum atomic E-state index is 7.37. The van der Waals surface area contributed by atoms with Crippen LogP contribution >= 0.6 is 7.34 Å². The number of rotatable bonds is 3. The summed E-state index contributed by atoms with van der Waals surface area (Å²) < 4.78 is 27.0. The maximum absolute atomic E-state index is 7.37. The van der Waals surface area contributed by atoms with E-state index in [1.807, 2.05) is 0 Å². The second-order valence-electron chi connectivity index (χ2n) is 19.0. The van der Waals surface area contributed by atoms with E-state index in [1.54, 1.807) is 0 Å². The van der Waals surface area contributed by atoms with Crippen LogP contribution in [0.1, 0.15) is 52.7 Å². The van der Waals surface area contributed by atoms with Gasteiger partial charge in [0.1, 0.15) is 22.2 Å². The topological polar surface area (TPSA) is 48.2 Å². The van der Waals surface area contributed by atoms with E-state index < -0.39 is 7.34 Å². The van der Waals surface area contributed by atoms with Crippen LogP contribution in [0.15, 0.2) is 165 Å². The first-order valence-electron chi connectivity index (χ1n) is 21.5. The zero-order valence-electron chi connectivity index (χ0n) is 35.5. The molecule has 8 aromatic carbocycles. The number of fused-ring (bicyclic) bond motifs is 6. The van der Waals surface area contributed by atoms with E-state index in [1.165, 1.54) is 26.5 Å². The van der Waals surface area contributed by atoms with Gasteiger partial charge in [-0.25, -0.2) is 0 Å². The van der Waals surface area contributed by atoms with Gasteiger partial charge in [0.2, 0.25) is 0 Å². The normalized spacial score (nSPS) is 13.0. The van der Waals surface area contributed by atoms with Crippen LogP contribution < -0.4 is 0 Å². The number of hydrogen-bond donors (Lipinski definition) is 0. The average Bonchev–Trinajstić information content (AvgIpc) is 3.28. The van der Waals surface area contributed by atoms with E-state index in [2.05, 4.69) is 202 Å². The highest BCUT2D eigenvalue weighted by Gasteiger charge is 2.31. The Kier molecular flexibility index (Phi) is 7.12. The molecule has 300 valence electrons. The Bertz CT molecular complexity index is 3740. The number of aromatic nitrogens is 2. The first-order chi connectivity index (χ1) is 30.0. The molecule has 13 rings (SSSR count). The molecule has 0 atom stereocenters. The molecule has 0 spiro atoms. The van der Waals surface area contributed by atoms with Gasteiger partial charge in [0.05, 0.1) is 32.3 Å². The third-order valence-electron chi connectivity index (χ3n) is 13.1. The van der Waals surface area contributed by atoms with Gasteiger partial charge in [-0.05, 0) is 92.7 Å². The highest BCUT2D eigenvalue weighted by Crippen LogP contribution is 2.59. The van der Waals surface area contributed by atoms with E-state index in [0.29, 0.717) is 0 Å². The van der Waals surface area contributed by atoms with Crippen LogP contribution in [0.4, 0.5) is 0 Å². The molecule has 0 aliphatic rings. The predicted molar refractivity (Wildman–Crippen MR) is 260 cm³/mol. The minimum absolute atomic E-state index is 0.0692. The molecule has 6 heteroatoms. The summed E-state index contributed by atoms with van der Waals surface area (Å²) in [6.07, 6.45) is 0. The lowest BCUT2D eigenvalue weighted by Gasteiger charge is -2.26. The van der Waals surface area contributed by atoms with E-state index in [9.17, 15) is 0 Å². The average molecular weight is 823 g/mol. The Hall–Kier alpha value is -6.94. The molecule has 5 heterocycles. The molecule has 0 amide bonds. The summed E-state index contributed by atoms with van der Waals surface area (Å²) in [7, 11) is -1.17. The van der Waals surface area contributed by atoms with Crippen molar-refractivity contribution >= 4 is 89.3 Å². The van der Waals surface area contributed by atoms with Crippen LogP contribution in [0.5, 0.6) is 0 Å². The van der Waals surface area contributed by atoms with Crippen LogP contribution in [0.2, 0.25) is 0 Å². The van der Waals surface area contributed by atoms with Gasteiger partial charge in [0, 0.05) is 16.2 Å². The van der Waals surface area contributed by atoms with Crippen molar-refractivity contribution in [1.82, 2.24) is 8.80 Å². The van der Waals surface area contributed by atoms with Crippen molar-refractivity contribution in [2.24, 2.45) is 0 Å². The number of nitrogens with zero attached hydrogens (tertiary/aromatic N) is 2. The number of benzene rings is 8. The molecule has 0 N–H and O–H groups in total. The molecule has 0 saturated carbocycles. The third kappa shape index (κ3) is 4.91. The largest absolute Gasteiger partial charge is 0.455 e. The van der Waals surface area contributed by atoms with Crippen molar-refractivity contribution in [2.45, 2.75) is 52.4 Å². The predicted octanol–water partition coefficient (Wildman–Crippen LogP) is 16.9. The molecule has 0 bridgehead atoms. The highest BCUT2D eigenvalue weighted by molar-refractivity contribution is 7.63. The van der Waals surface area contributed by atoms with Gasteiger partial charge in [-0.3, -0.25) is 0 Å². The molecule has 0 unspecified atom stereocenters. The van der Waals surface area contributed by atoms with Gasteiger partial charge >= 0.3 is 0 Å². The van der Waals surface area contributed by atoms with Gasteiger partial charge < -0.3 is 22.1 Å². The molecule has 0 aliphatic carbocycles. The van der Waals surface area contributed by atoms with E-state index in [4.69, 9.17) is 13.3 Å². The summed E-state index contributed by atoms with van der Waals surface area (Å²) >= 11 is 0. The Labute approximate surface area is 358 Å². The van der Waals surface area contributed by atoms with Crippen molar-refractivity contribution in [3.05, 3.63) is 163 Å². The molecule has 13 aromatic rings. The lowest BCUT2D eigenvalue weighted by molar-refractivity contribution is 0.586. The lowest BCUT2D eigenvalue weighted by atomic mass is 9.87. The minimum Gasteiger partial charge on any atom is -0.455 e. The van der Waals surface area contributed by atoms with Crippen LogP contribution in [-0.4, -0.2) is 8.80 Å². The zero-order chi connectivity index (χ0) is 41.8. The van der Waals surface area contributed by atoms with E-state index >= 15 is 0 Å². The van der Waals surface area contributed by atoms with Gasteiger partial charge in [0.25, 0.3) is 0 Å².